The first-order chi connectivity index (χ1) is 12.9. The maximum atomic E-state index is 12.3. The first-order valence-electron chi connectivity index (χ1n) is 9.49. The van der Waals surface area contributed by atoms with Gasteiger partial charge in [-0.3, -0.25) is 9.69 Å². The van der Waals surface area contributed by atoms with Crippen molar-refractivity contribution in [3.63, 3.8) is 0 Å². The molecule has 3 rings (SSSR count). The van der Waals surface area contributed by atoms with Crippen LogP contribution in [0.25, 0.3) is 0 Å². The van der Waals surface area contributed by atoms with Crippen molar-refractivity contribution in [1.82, 2.24) is 14.9 Å². The minimum Gasteiger partial charge on any atom is -0.447 e. The molecule has 2 fully saturated rings. The molecule has 1 aromatic heterocycles. The second kappa shape index (κ2) is 8.21. The predicted molar refractivity (Wildman–Crippen MR) is 99.7 cm³/mol. The summed E-state index contributed by atoms with van der Waals surface area (Å²) in [5, 5.41) is 0. The highest BCUT2D eigenvalue weighted by atomic mass is 16.6. The third-order valence-electron chi connectivity index (χ3n) is 5.26. The van der Waals surface area contributed by atoms with Gasteiger partial charge in [-0.25, -0.2) is 14.8 Å². The number of methoxy groups -OCH3 is 1. The van der Waals surface area contributed by atoms with Crippen molar-refractivity contribution < 1.29 is 19.1 Å². The maximum Gasteiger partial charge on any atom is 0.415 e. The first-order valence-corrected chi connectivity index (χ1v) is 9.49. The molecule has 0 spiro atoms. The molecule has 0 aliphatic carbocycles. The van der Waals surface area contributed by atoms with Gasteiger partial charge in [0.1, 0.15) is 24.9 Å². The molecule has 2 saturated heterocycles. The lowest BCUT2D eigenvalue weighted by Gasteiger charge is -2.31. The average Bonchev–Trinajstić information content (AvgIpc) is 3.03. The molecule has 0 aromatic carbocycles. The van der Waals surface area contributed by atoms with Crippen LogP contribution in [-0.4, -0.2) is 66.3 Å². The Hall–Kier alpha value is -2.22. The summed E-state index contributed by atoms with van der Waals surface area (Å²) in [4.78, 5) is 37.0. The Balaban J connectivity index is 1.77. The number of piperidine rings is 1. The highest BCUT2D eigenvalue weighted by molar-refractivity contribution is 5.89. The fourth-order valence-corrected chi connectivity index (χ4v) is 3.67. The number of carbonyl (C=O) groups excluding carboxylic acids is 2. The molecule has 2 aliphatic heterocycles. The van der Waals surface area contributed by atoms with Gasteiger partial charge in [-0.15, -0.1) is 0 Å². The zero-order valence-corrected chi connectivity index (χ0v) is 16.5. The van der Waals surface area contributed by atoms with Crippen LogP contribution >= 0.6 is 0 Å². The van der Waals surface area contributed by atoms with Crippen molar-refractivity contribution in [2.45, 2.75) is 45.6 Å². The Morgan fingerprint density at radius 3 is 2.67 bits per heavy atom. The van der Waals surface area contributed by atoms with E-state index in [1.54, 1.807) is 4.90 Å². The molecular weight excluding hydrogens is 348 g/mol. The van der Waals surface area contributed by atoms with Gasteiger partial charge in [0.25, 0.3) is 0 Å². The molecule has 0 saturated carbocycles. The Kier molecular flexibility index (Phi) is 5.94. The molecule has 8 heteroatoms. The number of anilines is 1. The fourth-order valence-electron chi connectivity index (χ4n) is 3.67. The van der Waals surface area contributed by atoms with E-state index in [9.17, 15) is 9.59 Å². The van der Waals surface area contributed by atoms with Gasteiger partial charge in [0, 0.05) is 37.9 Å². The van der Waals surface area contributed by atoms with Gasteiger partial charge >= 0.3 is 6.09 Å². The van der Waals surface area contributed by atoms with E-state index in [0.29, 0.717) is 25.5 Å². The van der Waals surface area contributed by atoms with Crippen LogP contribution < -0.4 is 4.90 Å². The van der Waals surface area contributed by atoms with E-state index < -0.39 is 0 Å². The van der Waals surface area contributed by atoms with E-state index in [-0.39, 0.29) is 36.5 Å². The summed E-state index contributed by atoms with van der Waals surface area (Å²) < 4.78 is 10.2. The van der Waals surface area contributed by atoms with E-state index >= 15 is 0 Å². The number of rotatable bonds is 5. The summed E-state index contributed by atoms with van der Waals surface area (Å²) in [6, 6.07) is 1.82. The Morgan fingerprint density at radius 2 is 2.04 bits per heavy atom. The number of hydrogen-bond acceptors (Lipinski definition) is 6. The Morgan fingerprint density at radius 1 is 1.33 bits per heavy atom. The van der Waals surface area contributed by atoms with Crippen LogP contribution in [0.2, 0.25) is 0 Å². The highest BCUT2D eigenvalue weighted by Gasteiger charge is 2.37. The molecule has 27 heavy (non-hydrogen) atoms. The molecular formula is C19H28N4O4. The lowest BCUT2D eigenvalue weighted by Crippen LogP contribution is -2.40. The zero-order chi connectivity index (χ0) is 19.6. The van der Waals surface area contributed by atoms with Gasteiger partial charge in [-0.1, -0.05) is 13.8 Å². The number of hydrogen-bond donors (Lipinski definition) is 0. The van der Waals surface area contributed by atoms with Gasteiger partial charge in [0.15, 0.2) is 0 Å². The van der Waals surface area contributed by atoms with E-state index in [1.165, 1.54) is 7.11 Å². The average molecular weight is 376 g/mol. The lowest BCUT2D eigenvalue weighted by atomic mass is 9.95. The Bertz CT molecular complexity index is 701. The van der Waals surface area contributed by atoms with E-state index in [2.05, 4.69) is 18.8 Å². The van der Waals surface area contributed by atoms with Crippen molar-refractivity contribution >= 4 is 17.8 Å². The molecule has 2 amide bonds. The summed E-state index contributed by atoms with van der Waals surface area (Å²) in [6.45, 7) is 7.89. The first kappa shape index (κ1) is 19.5. The van der Waals surface area contributed by atoms with Crippen LogP contribution in [-0.2, 0) is 14.3 Å². The largest absolute Gasteiger partial charge is 0.447 e. The molecule has 2 aliphatic rings. The number of cyclic esters (lactones) is 1. The highest BCUT2D eigenvalue weighted by Crippen LogP contribution is 2.30. The topological polar surface area (TPSA) is 84.9 Å². The number of carbonyl (C=O) groups is 2. The Labute approximate surface area is 159 Å². The molecule has 8 nitrogen and oxygen atoms in total. The normalized spacial score (nSPS) is 21.1. The maximum absolute atomic E-state index is 12.3. The summed E-state index contributed by atoms with van der Waals surface area (Å²) >= 11 is 0. The SMILES string of the molecule is COCC(=O)N1CCC(c2nc(C)cc(N3C(=O)OC[C@@H]3C(C)C)n2)CC1. The quantitative estimate of drug-likeness (QED) is 0.783. The van der Waals surface area contributed by atoms with Gasteiger partial charge in [-0.2, -0.15) is 0 Å². The third-order valence-corrected chi connectivity index (χ3v) is 5.26. The molecule has 0 bridgehead atoms. The van der Waals surface area contributed by atoms with E-state index in [1.807, 2.05) is 17.9 Å². The second-order valence-corrected chi connectivity index (χ2v) is 7.57. The van der Waals surface area contributed by atoms with Crippen molar-refractivity contribution in [2.75, 3.05) is 38.3 Å². The number of ether oxygens (including phenoxy) is 2. The van der Waals surface area contributed by atoms with Gasteiger partial charge in [-0.05, 0) is 25.7 Å². The summed E-state index contributed by atoms with van der Waals surface area (Å²) in [5.74, 6) is 1.81. The van der Waals surface area contributed by atoms with Crippen LogP contribution in [0.1, 0.15) is 44.1 Å². The fraction of sp³-hybridized carbons (Fsp3) is 0.684. The third kappa shape index (κ3) is 4.21. The molecule has 148 valence electrons. The van der Waals surface area contributed by atoms with Crippen LogP contribution in [0.5, 0.6) is 0 Å². The van der Waals surface area contributed by atoms with Gasteiger partial charge in [0.05, 0.1) is 6.04 Å². The number of aryl methyl sites for hydroxylation is 1. The predicted octanol–water partition coefficient (Wildman–Crippen LogP) is 2.12. The standard InChI is InChI=1S/C19H28N4O4/c1-12(2)15-10-27-19(25)23(15)16-9-13(3)20-18(21-16)14-5-7-22(8-6-14)17(24)11-26-4/h9,12,14-15H,5-8,10-11H2,1-4H3/t15-/m1/s1. The van der Waals surface area contributed by atoms with Crippen molar-refractivity contribution in [2.24, 2.45) is 5.92 Å². The second-order valence-electron chi connectivity index (χ2n) is 7.57. The van der Waals surface area contributed by atoms with Gasteiger partial charge in [0.2, 0.25) is 5.91 Å². The summed E-state index contributed by atoms with van der Waals surface area (Å²) in [6.07, 6.45) is 1.25. The van der Waals surface area contributed by atoms with Crippen molar-refractivity contribution in [3.05, 3.63) is 17.6 Å². The van der Waals surface area contributed by atoms with Crippen LogP contribution in [0.3, 0.4) is 0 Å². The van der Waals surface area contributed by atoms with E-state index in [0.717, 1.165) is 24.4 Å². The molecule has 0 unspecified atom stereocenters. The molecule has 3 heterocycles. The smallest absolute Gasteiger partial charge is 0.415 e. The van der Waals surface area contributed by atoms with Crippen molar-refractivity contribution in [3.8, 4) is 0 Å². The number of aromatic nitrogens is 2. The number of likely N-dealkylation sites (tertiary alicyclic amines) is 1. The minimum absolute atomic E-state index is 0.0152. The number of nitrogens with zero attached hydrogens (tertiary/aromatic N) is 4. The summed E-state index contributed by atoms with van der Waals surface area (Å²) in [5.41, 5.74) is 0.829. The lowest BCUT2D eigenvalue weighted by molar-refractivity contribution is -0.136. The van der Waals surface area contributed by atoms with Crippen LogP contribution in [0, 0.1) is 12.8 Å². The van der Waals surface area contributed by atoms with E-state index in [4.69, 9.17) is 14.5 Å². The molecule has 1 aromatic rings. The monoisotopic (exact) mass is 376 g/mol. The molecule has 0 radical (unpaired) electrons. The van der Waals surface area contributed by atoms with Crippen LogP contribution in [0.4, 0.5) is 10.6 Å². The zero-order valence-electron chi connectivity index (χ0n) is 16.5. The molecule has 1 atom stereocenters. The molecule has 0 N–H and O–H groups in total. The minimum atomic E-state index is -0.349. The summed E-state index contributed by atoms with van der Waals surface area (Å²) in [7, 11) is 1.53. The van der Waals surface area contributed by atoms with Crippen LogP contribution in [0.15, 0.2) is 6.07 Å². The van der Waals surface area contributed by atoms with Crippen molar-refractivity contribution in [1.29, 1.82) is 0 Å². The van der Waals surface area contributed by atoms with Gasteiger partial charge < -0.3 is 14.4 Å². The number of amides is 2.